The lowest BCUT2D eigenvalue weighted by Gasteiger charge is -2.27. The Kier molecular flexibility index (Phi) is 8.37. The zero-order valence-electron chi connectivity index (χ0n) is 20.3. The number of ether oxygens (including phenoxy) is 2. The summed E-state index contributed by atoms with van der Waals surface area (Å²) in [4.78, 5) is 25.2. The van der Waals surface area contributed by atoms with Gasteiger partial charge in [0, 0.05) is 31.7 Å². The molecule has 0 spiro atoms. The van der Waals surface area contributed by atoms with Gasteiger partial charge in [0.2, 0.25) is 0 Å². The van der Waals surface area contributed by atoms with Crippen molar-refractivity contribution < 1.29 is 19.1 Å². The van der Waals surface area contributed by atoms with Crippen molar-refractivity contribution in [2.45, 2.75) is 58.5 Å². The van der Waals surface area contributed by atoms with Crippen LogP contribution >= 0.6 is 0 Å². The van der Waals surface area contributed by atoms with Crippen molar-refractivity contribution >= 4 is 18.1 Å². The van der Waals surface area contributed by atoms with Crippen molar-refractivity contribution in [3.05, 3.63) is 47.5 Å². The summed E-state index contributed by atoms with van der Waals surface area (Å²) >= 11 is 0. The number of unbranched alkanes of at least 4 members (excludes halogenated alkanes) is 2. The van der Waals surface area contributed by atoms with E-state index < -0.39 is 5.60 Å². The summed E-state index contributed by atoms with van der Waals surface area (Å²) in [5.41, 5.74) is 5.37. The SMILES string of the molecule is COc1ccc(-c2ccc3c(c2)CCN3)cc1CCN(CCCCC=O)C(=O)OC(C)(C)C. The first-order valence-corrected chi connectivity index (χ1v) is 11.8. The van der Waals surface area contributed by atoms with Crippen molar-refractivity contribution in [3.63, 3.8) is 0 Å². The van der Waals surface area contributed by atoms with Gasteiger partial charge in [-0.3, -0.25) is 0 Å². The molecule has 0 radical (unpaired) electrons. The van der Waals surface area contributed by atoms with Gasteiger partial charge in [-0.15, -0.1) is 0 Å². The van der Waals surface area contributed by atoms with E-state index in [-0.39, 0.29) is 6.09 Å². The average molecular weight is 453 g/mol. The van der Waals surface area contributed by atoms with Gasteiger partial charge < -0.3 is 24.5 Å². The molecular formula is C27H36N2O4. The summed E-state index contributed by atoms with van der Waals surface area (Å²) in [6.45, 7) is 7.67. The summed E-state index contributed by atoms with van der Waals surface area (Å²) in [7, 11) is 1.67. The predicted octanol–water partition coefficient (Wildman–Crippen LogP) is 5.48. The number of anilines is 1. The number of aldehydes is 1. The lowest BCUT2D eigenvalue weighted by Crippen LogP contribution is -2.38. The number of hydrogen-bond donors (Lipinski definition) is 1. The lowest BCUT2D eigenvalue weighted by molar-refractivity contribution is -0.107. The van der Waals surface area contributed by atoms with Gasteiger partial charge in [-0.2, -0.15) is 0 Å². The third-order valence-corrected chi connectivity index (χ3v) is 5.73. The Bertz CT molecular complexity index is 965. The Balaban J connectivity index is 1.76. The highest BCUT2D eigenvalue weighted by Crippen LogP contribution is 2.31. The molecule has 2 aromatic rings. The molecular weight excluding hydrogens is 416 g/mol. The molecule has 1 amide bonds. The number of nitrogens with one attached hydrogen (secondary N) is 1. The first kappa shape index (κ1) is 24.6. The van der Waals surface area contributed by atoms with E-state index in [1.54, 1.807) is 12.0 Å². The molecule has 0 aliphatic carbocycles. The topological polar surface area (TPSA) is 67.9 Å². The highest BCUT2D eigenvalue weighted by atomic mass is 16.6. The second kappa shape index (κ2) is 11.2. The average Bonchev–Trinajstić information content (AvgIpc) is 3.25. The van der Waals surface area contributed by atoms with Crippen LogP contribution in [-0.2, 0) is 22.4 Å². The zero-order valence-corrected chi connectivity index (χ0v) is 20.3. The molecule has 1 heterocycles. The lowest BCUT2D eigenvalue weighted by atomic mass is 9.98. The standard InChI is InChI=1S/C27H36N2O4/c1-27(2,3)33-26(31)29(15-6-5-7-17-30)16-13-23-19-21(9-11-25(23)32-4)20-8-10-24-22(18-20)12-14-28-24/h8-11,17-19,28H,5-7,12-16H2,1-4H3. The Morgan fingerprint density at radius 1 is 1.09 bits per heavy atom. The minimum Gasteiger partial charge on any atom is -0.496 e. The van der Waals surface area contributed by atoms with Crippen molar-refractivity contribution in [2.75, 3.05) is 32.1 Å². The maximum absolute atomic E-state index is 12.8. The van der Waals surface area contributed by atoms with Gasteiger partial charge in [-0.25, -0.2) is 4.79 Å². The summed E-state index contributed by atoms with van der Waals surface area (Å²) in [6, 6.07) is 12.8. The van der Waals surface area contributed by atoms with Crippen molar-refractivity contribution in [1.82, 2.24) is 4.90 Å². The maximum atomic E-state index is 12.8. The van der Waals surface area contributed by atoms with Crippen LogP contribution in [0.15, 0.2) is 36.4 Å². The molecule has 33 heavy (non-hydrogen) atoms. The molecule has 0 unspecified atom stereocenters. The molecule has 0 aromatic heterocycles. The van der Waals surface area contributed by atoms with Crippen LogP contribution in [-0.4, -0.2) is 49.6 Å². The van der Waals surface area contributed by atoms with E-state index in [4.69, 9.17) is 9.47 Å². The molecule has 178 valence electrons. The largest absolute Gasteiger partial charge is 0.496 e. The summed E-state index contributed by atoms with van der Waals surface area (Å²) in [5, 5.41) is 3.40. The van der Waals surface area contributed by atoms with E-state index in [0.717, 1.165) is 49.0 Å². The second-order valence-electron chi connectivity index (χ2n) is 9.46. The third kappa shape index (κ3) is 6.98. The van der Waals surface area contributed by atoms with E-state index in [9.17, 15) is 9.59 Å². The van der Waals surface area contributed by atoms with E-state index >= 15 is 0 Å². The summed E-state index contributed by atoms with van der Waals surface area (Å²) < 4.78 is 11.2. The number of fused-ring (bicyclic) bond motifs is 1. The van der Waals surface area contributed by atoms with Gasteiger partial charge >= 0.3 is 6.09 Å². The molecule has 6 heteroatoms. The van der Waals surface area contributed by atoms with Crippen LogP contribution in [0.5, 0.6) is 5.75 Å². The van der Waals surface area contributed by atoms with E-state index in [1.165, 1.54) is 16.8 Å². The molecule has 0 fully saturated rings. The molecule has 1 aliphatic rings. The maximum Gasteiger partial charge on any atom is 0.410 e. The summed E-state index contributed by atoms with van der Waals surface area (Å²) in [6.07, 6.45) is 4.32. The molecule has 6 nitrogen and oxygen atoms in total. The number of amides is 1. The highest BCUT2D eigenvalue weighted by Gasteiger charge is 2.22. The Hall–Kier alpha value is -3.02. The Morgan fingerprint density at radius 2 is 1.85 bits per heavy atom. The second-order valence-corrected chi connectivity index (χ2v) is 9.46. The van der Waals surface area contributed by atoms with E-state index in [1.807, 2.05) is 26.8 Å². The van der Waals surface area contributed by atoms with Crippen LogP contribution in [0.4, 0.5) is 10.5 Å². The van der Waals surface area contributed by atoms with Crippen LogP contribution in [0, 0.1) is 0 Å². The number of hydrogen-bond acceptors (Lipinski definition) is 5. The van der Waals surface area contributed by atoms with Crippen molar-refractivity contribution in [3.8, 4) is 16.9 Å². The quantitative estimate of drug-likeness (QED) is 0.382. The molecule has 1 N–H and O–H groups in total. The fourth-order valence-corrected chi connectivity index (χ4v) is 4.04. The van der Waals surface area contributed by atoms with E-state index in [2.05, 4.69) is 35.6 Å². The molecule has 3 rings (SSSR count). The highest BCUT2D eigenvalue weighted by molar-refractivity contribution is 5.71. The first-order chi connectivity index (χ1) is 15.8. The fraction of sp³-hybridized carbons (Fsp3) is 0.481. The molecule has 0 saturated carbocycles. The summed E-state index contributed by atoms with van der Waals surface area (Å²) in [5.74, 6) is 0.812. The Labute approximate surface area is 197 Å². The molecule has 0 saturated heterocycles. The number of nitrogens with zero attached hydrogens (tertiary/aromatic N) is 1. The van der Waals surface area contributed by atoms with Gasteiger partial charge in [0.1, 0.15) is 17.6 Å². The number of carbonyl (C=O) groups excluding carboxylic acids is 2. The number of rotatable bonds is 10. The molecule has 0 bridgehead atoms. The Morgan fingerprint density at radius 3 is 2.58 bits per heavy atom. The number of benzene rings is 2. The number of methoxy groups -OCH3 is 1. The van der Waals surface area contributed by atoms with Crippen molar-refractivity contribution in [1.29, 1.82) is 0 Å². The minimum atomic E-state index is -0.557. The number of carbonyl (C=O) groups is 2. The van der Waals surface area contributed by atoms with Crippen LogP contribution in [0.1, 0.15) is 51.2 Å². The molecule has 0 atom stereocenters. The molecule has 1 aliphatic heterocycles. The van der Waals surface area contributed by atoms with Gasteiger partial charge in [0.05, 0.1) is 7.11 Å². The predicted molar refractivity (Wildman–Crippen MR) is 132 cm³/mol. The normalized spacial score (nSPS) is 12.6. The van der Waals surface area contributed by atoms with Crippen LogP contribution in [0.2, 0.25) is 0 Å². The van der Waals surface area contributed by atoms with Gasteiger partial charge in [-0.1, -0.05) is 12.1 Å². The van der Waals surface area contributed by atoms with Gasteiger partial charge in [0.15, 0.2) is 0 Å². The monoisotopic (exact) mass is 452 g/mol. The minimum absolute atomic E-state index is 0.324. The smallest absolute Gasteiger partial charge is 0.410 e. The van der Waals surface area contributed by atoms with Gasteiger partial charge in [0.25, 0.3) is 0 Å². The first-order valence-electron chi connectivity index (χ1n) is 11.8. The third-order valence-electron chi connectivity index (χ3n) is 5.73. The molecule has 2 aromatic carbocycles. The van der Waals surface area contributed by atoms with Gasteiger partial charge in [-0.05, 0) is 93.0 Å². The van der Waals surface area contributed by atoms with Crippen LogP contribution in [0.3, 0.4) is 0 Å². The van der Waals surface area contributed by atoms with Crippen LogP contribution < -0.4 is 10.1 Å². The zero-order chi connectivity index (χ0) is 23.8. The van der Waals surface area contributed by atoms with Crippen LogP contribution in [0.25, 0.3) is 11.1 Å². The fourth-order valence-electron chi connectivity index (χ4n) is 4.04. The van der Waals surface area contributed by atoms with Crippen molar-refractivity contribution in [2.24, 2.45) is 0 Å². The van der Waals surface area contributed by atoms with E-state index in [0.29, 0.717) is 25.9 Å².